The lowest BCUT2D eigenvalue weighted by Gasteiger charge is -2.19. The summed E-state index contributed by atoms with van der Waals surface area (Å²) >= 11 is 0. The summed E-state index contributed by atoms with van der Waals surface area (Å²) < 4.78 is 25.0. The molecule has 0 amide bonds. The number of hydrogen-bond donors (Lipinski definition) is 0. The van der Waals surface area contributed by atoms with Gasteiger partial charge in [0.2, 0.25) is 15.0 Å². The lowest BCUT2D eigenvalue weighted by atomic mass is 10.1. The molecule has 7 heteroatoms. The van der Waals surface area contributed by atoms with E-state index in [1.54, 1.807) is 10.6 Å². The van der Waals surface area contributed by atoms with E-state index < -0.39 is 9.84 Å². The highest BCUT2D eigenvalue weighted by Gasteiger charge is 2.20. The van der Waals surface area contributed by atoms with E-state index in [0.717, 1.165) is 31.9 Å². The zero-order chi connectivity index (χ0) is 15.7. The number of aromatic nitrogens is 3. The van der Waals surface area contributed by atoms with Gasteiger partial charge in [0.05, 0.1) is 0 Å². The molecule has 0 atom stereocenters. The van der Waals surface area contributed by atoms with Crippen molar-refractivity contribution in [2.24, 2.45) is 0 Å². The van der Waals surface area contributed by atoms with Crippen LogP contribution < -0.4 is 5.56 Å². The van der Waals surface area contributed by atoms with Crippen molar-refractivity contribution in [3.8, 4) is 0 Å². The number of hydrogen-bond acceptors (Lipinski definition) is 5. The molecule has 2 heterocycles. The molecule has 0 radical (unpaired) electrons. The van der Waals surface area contributed by atoms with Gasteiger partial charge in [-0.15, -0.1) is 0 Å². The molecule has 2 aromatic rings. The molecule has 1 aliphatic rings. The van der Waals surface area contributed by atoms with Crippen molar-refractivity contribution in [3.05, 3.63) is 28.7 Å². The lowest BCUT2D eigenvalue weighted by molar-refractivity contribution is 0.441. The summed E-state index contributed by atoms with van der Waals surface area (Å²) in [6.45, 7) is 0. The van der Waals surface area contributed by atoms with Crippen molar-refractivity contribution < 1.29 is 8.42 Å². The van der Waals surface area contributed by atoms with E-state index in [1.807, 2.05) is 0 Å². The van der Waals surface area contributed by atoms with Crippen LogP contribution in [0, 0.1) is 0 Å². The summed E-state index contributed by atoms with van der Waals surface area (Å²) in [5.41, 5.74) is 0.298. The number of nitrogens with zero attached hydrogens (tertiary/aromatic N) is 3. The van der Waals surface area contributed by atoms with Gasteiger partial charge in [0.15, 0.2) is 0 Å². The summed E-state index contributed by atoms with van der Waals surface area (Å²) in [4.78, 5) is 20.4. The molecule has 118 valence electrons. The maximum absolute atomic E-state index is 12.4. The Hall–Kier alpha value is -1.76. The Morgan fingerprint density at radius 3 is 2.45 bits per heavy atom. The normalized spacial score (nSPS) is 17.5. The highest BCUT2D eigenvalue weighted by molar-refractivity contribution is 7.90. The molecule has 0 N–H and O–H groups in total. The van der Waals surface area contributed by atoms with E-state index in [4.69, 9.17) is 0 Å². The Morgan fingerprint density at radius 2 is 1.82 bits per heavy atom. The predicted octanol–water partition coefficient (Wildman–Crippen LogP) is 2.09. The summed E-state index contributed by atoms with van der Waals surface area (Å²) in [5, 5.41) is 0.462. The fourth-order valence-electron chi connectivity index (χ4n) is 3.07. The first-order valence-corrected chi connectivity index (χ1v) is 9.44. The summed E-state index contributed by atoms with van der Waals surface area (Å²) in [6.07, 6.45) is 8.93. The van der Waals surface area contributed by atoms with Crippen LogP contribution in [0.1, 0.15) is 44.6 Å². The topological polar surface area (TPSA) is 81.9 Å². The number of sulfone groups is 1. The molecule has 0 aliphatic heterocycles. The zero-order valence-corrected chi connectivity index (χ0v) is 13.3. The molecule has 1 fully saturated rings. The molecule has 0 bridgehead atoms. The molecule has 0 spiro atoms. The van der Waals surface area contributed by atoms with Gasteiger partial charge in [-0.1, -0.05) is 25.7 Å². The van der Waals surface area contributed by atoms with Crippen molar-refractivity contribution in [2.75, 3.05) is 6.26 Å². The third kappa shape index (κ3) is 2.90. The molecule has 1 saturated carbocycles. The van der Waals surface area contributed by atoms with Gasteiger partial charge in [-0.25, -0.2) is 13.4 Å². The molecule has 3 rings (SSSR count). The van der Waals surface area contributed by atoms with Crippen LogP contribution in [0.4, 0.5) is 0 Å². The summed E-state index contributed by atoms with van der Waals surface area (Å²) in [7, 11) is -3.50. The second kappa shape index (κ2) is 5.79. The Labute approximate surface area is 129 Å². The Morgan fingerprint density at radius 1 is 1.14 bits per heavy atom. The van der Waals surface area contributed by atoms with Gasteiger partial charge in [0.25, 0.3) is 5.56 Å². The maximum atomic E-state index is 12.4. The lowest BCUT2D eigenvalue weighted by Crippen LogP contribution is -2.25. The SMILES string of the molecule is CS(=O)(=O)c1ncc2ccc(=O)n(C3CCCCCC3)c2n1. The minimum Gasteiger partial charge on any atom is -0.289 e. The minimum absolute atomic E-state index is 0.0843. The van der Waals surface area contributed by atoms with E-state index >= 15 is 0 Å². The van der Waals surface area contributed by atoms with Crippen LogP contribution >= 0.6 is 0 Å². The van der Waals surface area contributed by atoms with Crippen LogP contribution in [-0.4, -0.2) is 29.2 Å². The standard InChI is InChI=1S/C15H19N3O3S/c1-22(20,21)15-16-10-11-8-9-13(19)18(14(11)17-15)12-6-4-2-3-5-7-12/h8-10,12H,2-7H2,1H3. The fourth-order valence-corrected chi connectivity index (χ4v) is 3.57. The number of fused-ring (bicyclic) bond motifs is 1. The van der Waals surface area contributed by atoms with Gasteiger partial charge in [0, 0.05) is 29.9 Å². The van der Waals surface area contributed by atoms with E-state index in [-0.39, 0.29) is 16.8 Å². The third-order valence-corrected chi connectivity index (χ3v) is 5.03. The first-order valence-electron chi connectivity index (χ1n) is 7.55. The van der Waals surface area contributed by atoms with Gasteiger partial charge >= 0.3 is 0 Å². The van der Waals surface area contributed by atoms with Crippen molar-refractivity contribution in [1.29, 1.82) is 0 Å². The molecule has 0 aromatic carbocycles. The Balaban J connectivity index is 2.22. The van der Waals surface area contributed by atoms with E-state index in [2.05, 4.69) is 9.97 Å². The van der Waals surface area contributed by atoms with Crippen molar-refractivity contribution in [2.45, 2.75) is 49.7 Å². The first kappa shape index (κ1) is 15.1. The van der Waals surface area contributed by atoms with Gasteiger partial charge < -0.3 is 0 Å². The largest absolute Gasteiger partial charge is 0.289 e. The Bertz CT molecular complexity index is 850. The zero-order valence-electron chi connectivity index (χ0n) is 12.5. The highest BCUT2D eigenvalue weighted by atomic mass is 32.2. The van der Waals surface area contributed by atoms with Crippen LogP contribution in [0.2, 0.25) is 0 Å². The van der Waals surface area contributed by atoms with Crippen LogP contribution in [-0.2, 0) is 9.84 Å². The highest BCUT2D eigenvalue weighted by Crippen LogP contribution is 2.28. The number of rotatable bonds is 2. The second-order valence-corrected chi connectivity index (χ2v) is 7.80. The molecular formula is C15H19N3O3S. The van der Waals surface area contributed by atoms with Crippen LogP contribution in [0.15, 0.2) is 28.3 Å². The fraction of sp³-hybridized carbons (Fsp3) is 0.533. The van der Waals surface area contributed by atoms with Crippen LogP contribution in [0.3, 0.4) is 0 Å². The quantitative estimate of drug-likeness (QED) is 0.625. The molecular weight excluding hydrogens is 302 g/mol. The Kier molecular flexibility index (Phi) is 3.99. The molecule has 1 aliphatic carbocycles. The summed E-state index contributed by atoms with van der Waals surface area (Å²) in [5.74, 6) is 0. The maximum Gasteiger partial charge on any atom is 0.252 e. The monoisotopic (exact) mass is 321 g/mol. The van der Waals surface area contributed by atoms with Gasteiger partial charge in [-0.3, -0.25) is 9.36 Å². The number of pyridine rings is 1. The minimum atomic E-state index is -3.50. The van der Waals surface area contributed by atoms with Crippen LogP contribution in [0.5, 0.6) is 0 Å². The van der Waals surface area contributed by atoms with Crippen molar-refractivity contribution in [3.63, 3.8) is 0 Å². The summed E-state index contributed by atoms with van der Waals surface area (Å²) in [6, 6.07) is 3.24. The molecule has 6 nitrogen and oxygen atoms in total. The predicted molar refractivity (Wildman–Crippen MR) is 83.6 cm³/mol. The van der Waals surface area contributed by atoms with Gasteiger partial charge in [-0.05, 0) is 18.9 Å². The third-order valence-electron chi connectivity index (χ3n) is 4.17. The van der Waals surface area contributed by atoms with E-state index in [9.17, 15) is 13.2 Å². The second-order valence-electron chi connectivity index (χ2n) is 5.89. The van der Waals surface area contributed by atoms with Crippen molar-refractivity contribution >= 4 is 20.9 Å². The van der Waals surface area contributed by atoms with Crippen LogP contribution in [0.25, 0.3) is 11.0 Å². The van der Waals surface area contributed by atoms with E-state index in [0.29, 0.717) is 11.0 Å². The van der Waals surface area contributed by atoms with Crippen molar-refractivity contribution in [1.82, 2.24) is 14.5 Å². The van der Waals surface area contributed by atoms with E-state index in [1.165, 1.54) is 25.1 Å². The average Bonchev–Trinajstić information content (AvgIpc) is 2.74. The average molecular weight is 321 g/mol. The van der Waals surface area contributed by atoms with Gasteiger partial charge in [-0.2, -0.15) is 4.98 Å². The molecule has 2 aromatic heterocycles. The first-order chi connectivity index (χ1) is 10.5. The molecule has 22 heavy (non-hydrogen) atoms. The smallest absolute Gasteiger partial charge is 0.252 e. The molecule has 0 saturated heterocycles. The van der Waals surface area contributed by atoms with Gasteiger partial charge in [0.1, 0.15) is 5.65 Å². The molecule has 0 unspecified atom stereocenters.